The normalized spacial score (nSPS) is 21.0. The summed E-state index contributed by atoms with van der Waals surface area (Å²) in [7, 11) is 0. The van der Waals surface area contributed by atoms with E-state index in [2.05, 4.69) is 116 Å². The maximum atomic E-state index is 13.9. The van der Waals surface area contributed by atoms with E-state index in [-0.39, 0.29) is 46.3 Å². The average Bonchev–Trinajstić information content (AvgIpc) is 2.98. The van der Waals surface area contributed by atoms with Crippen molar-refractivity contribution in [2.75, 3.05) is 52.4 Å². The summed E-state index contributed by atoms with van der Waals surface area (Å²) >= 11 is 0. The van der Waals surface area contributed by atoms with Gasteiger partial charge in [0.25, 0.3) is 0 Å². The molecule has 0 atom stereocenters. The van der Waals surface area contributed by atoms with E-state index in [1.807, 2.05) is 22.0 Å². The van der Waals surface area contributed by atoms with Crippen LogP contribution >= 0.6 is 0 Å². The number of carbonyl (C=O) groups excluding carboxylic acids is 2. The van der Waals surface area contributed by atoms with Crippen molar-refractivity contribution in [3.05, 3.63) is 25.3 Å². The van der Waals surface area contributed by atoms with Gasteiger partial charge in [0.15, 0.2) is 0 Å². The Bertz CT molecular complexity index is 926. The Morgan fingerprint density at radius 1 is 0.562 bits per heavy atom. The maximum Gasteiger partial charge on any atom is 0.320 e. The van der Waals surface area contributed by atoms with Crippen molar-refractivity contribution in [1.82, 2.24) is 29.4 Å². The Morgan fingerprint density at radius 2 is 0.833 bits per heavy atom. The molecule has 2 aliphatic heterocycles. The van der Waals surface area contributed by atoms with Gasteiger partial charge in [-0.05, 0) is 122 Å². The smallest absolute Gasteiger partial charge is 0.320 e. The lowest BCUT2D eigenvalue weighted by Crippen LogP contribution is -2.65. The third kappa shape index (κ3) is 10.2. The van der Waals surface area contributed by atoms with Crippen LogP contribution < -0.4 is 0 Å². The first-order valence-corrected chi connectivity index (χ1v) is 19.3. The fraction of sp³-hybridized carbons (Fsp3) is 0.850. The number of hydrogen-bond acceptors (Lipinski definition) is 4. The molecule has 0 saturated carbocycles. The van der Waals surface area contributed by atoms with Gasteiger partial charge in [-0.15, -0.1) is 13.2 Å². The molecule has 0 spiro atoms. The van der Waals surface area contributed by atoms with Gasteiger partial charge in [0.2, 0.25) is 0 Å². The first-order valence-electron chi connectivity index (χ1n) is 19.3. The molecule has 0 radical (unpaired) electrons. The zero-order valence-corrected chi connectivity index (χ0v) is 33.5. The van der Waals surface area contributed by atoms with E-state index in [0.717, 1.165) is 104 Å². The molecule has 8 nitrogen and oxygen atoms in total. The molecule has 4 amide bonds. The largest absolute Gasteiger partial charge is 0.325 e. The number of rotatable bonds is 17. The second-order valence-electron chi connectivity index (χ2n) is 16.9. The molecule has 0 aromatic rings. The highest BCUT2D eigenvalue weighted by Crippen LogP contribution is 2.42. The highest BCUT2D eigenvalue weighted by atomic mass is 16.2. The lowest BCUT2D eigenvalue weighted by atomic mass is 9.76. The predicted octanol–water partition coefficient (Wildman–Crippen LogP) is 8.49. The molecule has 0 aliphatic carbocycles. The number of nitrogens with zero attached hydrogens (tertiary/aromatic N) is 6. The van der Waals surface area contributed by atoms with Gasteiger partial charge >= 0.3 is 12.1 Å². The van der Waals surface area contributed by atoms with Gasteiger partial charge < -0.3 is 19.6 Å². The SMILES string of the molecule is C=CCN1C(C)(C)CC(N(CCCCCCN(C(=O)N(CC)CC)C2CC(C)(C)N(CC=C)C(C)(C)C2)C(=O)N(CC)CC)CC1(C)C. The van der Waals surface area contributed by atoms with Crippen LogP contribution in [0.15, 0.2) is 25.3 Å². The minimum atomic E-state index is -0.0335. The Kier molecular flexibility index (Phi) is 15.6. The number of piperidine rings is 2. The number of urea groups is 2. The topological polar surface area (TPSA) is 53.6 Å². The molecule has 2 heterocycles. The summed E-state index contributed by atoms with van der Waals surface area (Å²) in [5.74, 6) is 0. The molecule has 0 unspecified atom stereocenters. The molecule has 2 rings (SSSR count). The highest BCUT2D eigenvalue weighted by Gasteiger charge is 2.48. The van der Waals surface area contributed by atoms with E-state index in [4.69, 9.17) is 0 Å². The van der Waals surface area contributed by atoms with Crippen molar-refractivity contribution in [3.63, 3.8) is 0 Å². The van der Waals surface area contributed by atoms with Gasteiger partial charge in [0, 0.05) is 86.6 Å². The third-order valence-electron chi connectivity index (χ3n) is 11.5. The summed E-state index contributed by atoms with van der Waals surface area (Å²) in [6, 6.07) is 0.755. The number of amides is 4. The van der Waals surface area contributed by atoms with Crippen LogP contribution in [0.2, 0.25) is 0 Å². The molecule has 0 aromatic carbocycles. The monoisotopic (exact) mass is 673 g/mol. The molecular weight excluding hydrogens is 596 g/mol. The quantitative estimate of drug-likeness (QED) is 0.115. The van der Waals surface area contributed by atoms with Gasteiger partial charge in [0.1, 0.15) is 0 Å². The Balaban J connectivity index is 2.16. The van der Waals surface area contributed by atoms with E-state index >= 15 is 0 Å². The summed E-state index contributed by atoms with van der Waals surface area (Å²) in [6.45, 7) is 41.1. The minimum absolute atomic E-state index is 0.0335. The van der Waals surface area contributed by atoms with Gasteiger partial charge in [-0.1, -0.05) is 25.0 Å². The van der Waals surface area contributed by atoms with E-state index in [1.165, 1.54) is 0 Å². The van der Waals surface area contributed by atoms with Crippen molar-refractivity contribution >= 4 is 12.1 Å². The number of carbonyl (C=O) groups is 2. The standard InChI is InChI=1S/C40H76N6O2/c1-15-25-45-37(7,8)29-33(30-38(45,9)10)43(35(47)41(17-3)18-4)27-23-21-22-24-28-44(36(48)42(19-5)20-6)34-31-39(11,12)46(26-16-2)40(13,14)32-34/h15-16,33-34H,1-2,17-32H2,3-14H3. The molecule has 8 heteroatoms. The molecule has 2 aliphatic rings. The van der Waals surface area contributed by atoms with Crippen LogP contribution in [-0.4, -0.2) is 128 Å². The fourth-order valence-electron chi connectivity index (χ4n) is 9.36. The van der Waals surface area contributed by atoms with Crippen LogP contribution in [-0.2, 0) is 0 Å². The lowest BCUT2D eigenvalue weighted by Gasteiger charge is -2.57. The average molecular weight is 673 g/mol. The Hall–Kier alpha value is -2.06. The summed E-state index contributed by atoms with van der Waals surface area (Å²) in [4.78, 5) is 41.4. The van der Waals surface area contributed by atoms with Gasteiger partial charge in [0.05, 0.1) is 0 Å². The molecule has 0 aromatic heterocycles. The summed E-state index contributed by atoms with van der Waals surface area (Å²) in [5.41, 5.74) is -0.134. The molecule has 278 valence electrons. The van der Waals surface area contributed by atoms with Gasteiger partial charge in [-0.3, -0.25) is 9.80 Å². The minimum Gasteiger partial charge on any atom is -0.325 e. The van der Waals surface area contributed by atoms with Crippen molar-refractivity contribution in [2.24, 2.45) is 0 Å². The zero-order valence-electron chi connectivity index (χ0n) is 33.5. The molecular formula is C40H76N6O2. The van der Waals surface area contributed by atoms with Crippen molar-refractivity contribution in [3.8, 4) is 0 Å². The predicted molar refractivity (Wildman–Crippen MR) is 205 cm³/mol. The van der Waals surface area contributed by atoms with Gasteiger partial charge in [-0.2, -0.15) is 0 Å². The van der Waals surface area contributed by atoms with Crippen LogP contribution in [0, 0.1) is 0 Å². The van der Waals surface area contributed by atoms with Crippen molar-refractivity contribution in [2.45, 2.75) is 169 Å². The Labute approximate surface area is 296 Å². The first kappa shape index (κ1) is 42.1. The lowest BCUT2D eigenvalue weighted by molar-refractivity contribution is -0.0529. The summed E-state index contributed by atoms with van der Waals surface area (Å²) in [6.07, 6.45) is 11.9. The van der Waals surface area contributed by atoms with Crippen LogP contribution in [0.4, 0.5) is 9.59 Å². The molecule has 48 heavy (non-hydrogen) atoms. The first-order chi connectivity index (χ1) is 22.4. The second-order valence-corrected chi connectivity index (χ2v) is 16.9. The summed E-state index contributed by atoms with van der Waals surface area (Å²) < 4.78 is 0. The molecule has 0 N–H and O–H groups in total. The van der Waals surface area contributed by atoms with Crippen molar-refractivity contribution in [1.29, 1.82) is 0 Å². The number of unbranched alkanes of at least 4 members (excludes halogenated alkanes) is 3. The fourth-order valence-corrected chi connectivity index (χ4v) is 9.36. The summed E-state index contributed by atoms with van der Waals surface area (Å²) in [5, 5.41) is 0. The molecule has 0 bridgehead atoms. The van der Waals surface area contributed by atoms with Crippen LogP contribution in [0.25, 0.3) is 0 Å². The van der Waals surface area contributed by atoms with E-state index < -0.39 is 0 Å². The van der Waals surface area contributed by atoms with E-state index in [0.29, 0.717) is 0 Å². The van der Waals surface area contributed by atoms with Crippen molar-refractivity contribution < 1.29 is 9.59 Å². The zero-order chi connectivity index (χ0) is 36.5. The van der Waals surface area contributed by atoms with Gasteiger partial charge in [-0.25, -0.2) is 9.59 Å². The maximum absolute atomic E-state index is 13.9. The van der Waals surface area contributed by atoms with Crippen LogP contribution in [0.3, 0.4) is 0 Å². The van der Waals surface area contributed by atoms with E-state index in [9.17, 15) is 9.59 Å². The second kappa shape index (κ2) is 17.7. The van der Waals surface area contributed by atoms with Crippen LogP contribution in [0.1, 0.15) is 134 Å². The number of likely N-dealkylation sites (tertiary alicyclic amines) is 2. The molecule has 2 saturated heterocycles. The molecule has 2 fully saturated rings. The van der Waals surface area contributed by atoms with E-state index in [1.54, 1.807) is 0 Å². The van der Waals surface area contributed by atoms with Crippen LogP contribution in [0.5, 0.6) is 0 Å². The Morgan fingerprint density at radius 3 is 1.06 bits per heavy atom. The highest BCUT2D eigenvalue weighted by molar-refractivity contribution is 5.75. The number of hydrogen-bond donors (Lipinski definition) is 0. The third-order valence-corrected chi connectivity index (χ3v) is 11.5.